The van der Waals surface area contributed by atoms with E-state index in [1.807, 2.05) is 37.8 Å². The topological polar surface area (TPSA) is 83.4 Å². The van der Waals surface area contributed by atoms with Crippen molar-refractivity contribution in [3.63, 3.8) is 0 Å². The summed E-state index contributed by atoms with van der Waals surface area (Å²) in [7, 11) is 0. The van der Waals surface area contributed by atoms with E-state index in [1.165, 1.54) is 11.3 Å². The maximum atomic E-state index is 14.1. The third-order valence-electron chi connectivity index (χ3n) is 7.15. The fraction of sp³-hybridized carbons (Fsp3) is 0.586. The van der Waals surface area contributed by atoms with Gasteiger partial charge in [0.2, 0.25) is 5.91 Å². The molecule has 6 nitrogen and oxygen atoms in total. The highest BCUT2D eigenvalue weighted by Crippen LogP contribution is 2.40. The molecule has 2 aliphatic carbocycles. The molecule has 0 saturated heterocycles. The number of rotatable bonds is 6. The van der Waals surface area contributed by atoms with Crippen molar-refractivity contribution in [1.82, 2.24) is 9.97 Å². The summed E-state index contributed by atoms with van der Waals surface area (Å²) >= 11 is 2.88. The monoisotopic (exact) mass is 539 g/mol. The summed E-state index contributed by atoms with van der Waals surface area (Å²) in [5.74, 6) is 6.06. The number of hydrogen-bond acceptors (Lipinski definition) is 6. The van der Waals surface area contributed by atoms with Gasteiger partial charge in [0, 0.05) is 35.0 Å². The Morgan fingerprint density at radius 3 is 2.30 bits per heavy atom. The minimum atomic E-state index is -0.996. The van der Waals surface area contributed by atoms with Crippen LogP contribution in [0.1, 0.15) is 93.6 Å². The maximum Gasteiger partial charge on any atom is 0.348 e. The molecule has 8 heteroatoms. The first-order valence-electron chi connectivity index (χ1n) is 13.3. The quantitative estimate of drug-likeness (QED) is 0.318. The summed E-state index contributed by atoms with van der Waals surface area (Å²) < 4.78 is 0. The Morgan fingerprint density at radius 2 is 1.70 bits per heavy atom. The van der Waals surface area contributed by atoms with Gasteiger partial charge in [-0.2, -0.15) is 0 Å². The van der Waals surface area contributed by atoms with Crippen LogP contribution in [0.15, 0.2) is 29.7 Å². The van der Waals surface area contributed by atoms with Crippen LogP contribution in [0.4, 0.5) is 5.69 Å². The summed E-state index contributed by atoms with van der Waals surface area (Å²) in [6.07, 6.45) is 10.9. The van der Waals surface area contributed by atoms with E-state index in [0.29, 0.717) is 21.7 Å². The van der Waals surface area contributed by atoms with Gasteiger partial charge < -0.3 is 10.0 Å². The van der Waals surface area contributed by atoms with E-state index in [2.05, 4.69) is 28.7 Å². The van der Waals surface area contributed by atoms with Crippen molar-refractivity contribution < 1.29 is 14.7 Å². The Bertz CT molecular complexity index is 1150. The molecule has 1 amide bonds. The number of aromatic carboxylic acids is 1. The third-order valence-corrected chi connectivity index (χ3v) is 9.41. The molecule has 2 saturated carbocycles. The van der Waals surface area contributed by atoms with E-state index in [0.717, 1.165) is 56.5 Å². The summed E-state index contributed by atoms with van der Waals surface area (Å²) in [5.41, 5.74) is 0.335. The lowest BCUT2D eigenvalue weighted by molar-refractivity contribution is -0.124. The molecule has 0 atom stereocenters. The molecule has 2 aromatic rings. The molecule has 0 unspecified atom stereocenters. The fourth-order valence-electron chi connectivity index (χ4n) is 5.14. The van der Waals surface area contributed by atoms with Gasteiger partial charge >= 0.3 is 5.97 Å². The number of carboxylic acids is 1. The second-order valence-electron chi connectivity index (χ2n) is 11.4. The molecule has 0 radical (unpaired) electrons. The summed E-state index contributed by atoms with van der Waals surface area (Å²) in [4.78, 5) is 37.9. The number of hydrogen-bond donors (Lipinski definition) is 1. The van der Waals surface area contributed by atoms with Crippen molar-refractivity contribution >= 4 is 40.7 Å². The van der Waals surface area contributed by atoms with Gasteiger partial charge in [-0.3, -0.25) is 4.79 Å². The van der Waals surface area contributed by atoms with Gasteiger partial charge in [-0.25, -0.2) is 14.8 Å². The van der Waals surface area contributed by atoms with E-state index in [1.54, 1.807) is 24.2 Å². The van der Waals surface area contributed by atoms with Gasteiger partial charge in [-0.1, -0.05) is 30.5 Å². The highest BCUT2D eigenvalue weighted by atomic mass is 32.2. The molecular weight excluding hydrogens is 502 g/mol. The second kappa shape index (κ2) is 12.0. The highest BCUT2D eigenvalue weighted by Gasteiger charge is 2.37. The van der Waals surface area contributed by atoms with Gasteiger partial charge in [0.05, 0.1) is 10.6 Å². The number of nitrogens with zero attached hydrogens (tertiary/aromatic N) is 3. The van der Waals surface area contributed by atoms with Crippen LogP contribution in [0.25, 0.3) is 0 Å². The van der Waals surface area contributed by atoms with Crippen molar-refractivity contribution in [2.24, 2.45) is 17.3 Å². The lowest BCUT2D eigenvalue weighted by Crippen LogP contribution is -2.46. The van der Waals surface area contributed by atoms with Crippen LogP contribution in [0.2, 0.25) is 0 Å². The van der Waals surface area contributed by atoms with Crippen LogP contribution < -0.4 is 4.90 Å². The Balaban J connectivity index is 1.61. The van der Waals surface area contributed by atoms with E-state index >= 15 is 0 Å². The number of aromatic nitrogens is 2. The molecule has 0 bridgehead atoms. The van der Waals surface area contributed by atoms with Crippen LogP contribution in [0.5, 0.6) is 0 Å². The zero-order valence-corrected chi connectivity index (χ0v) is 23.8. The first-order valence-corrected chi connectivity index (χ1v) is 15.0. The first-order chi connectivity index (χ1) is 17.6. The predicted molar refractivity (Wildman–Crippen MR) is 150 cm³/mol. The minimum Gasteiger partial charge on any atom is -0.477 e. The lowest BCUT2D eigenvalue weighted by atomic mass is 9.81. The Kier molecular flexibility index (Phi) is 8.97. The Labute approximate surface area is 228 Å². The van der Waals surface area contributed by atoms with Crippen molar-refractivity contribution in [2.75, 3.05) is 4.90 Å². The van der Waals surface area contributed by atoms with Crippen molar-refractivity contribution in [1.29, 1.82) is 0 Å². The van der Waals surface area contributed by atoms with E-state index in [-0.39, 0.29) is 28.2 Å². The number of carboxylic acid groups (broad SMARTS) is 1. The third kappa shape index (κ3) is 7.36. The molecule has 0 spiro atoms. The molecule has 2 aliphatic rings. The van der Waals surface area contributed by atoms with Crippen molar-refractivity contribution in [2.45, 2.75) is 95.5 Å². The van der Waals surface area contributed by atoms with Gasteiger partial charge in [-0.05, 0) is 90.2 Å². The normalized spacial score (nSPS) is 24.1. The number of carbonyl (C=O) groups excluding carboxylic acids is 1. The molecule has 198 valence electrons. The minimum absolute atomic E-state index is 0.0171. The largest absolute Gasteiger partial charge is 0.477 e. The van der Waals surface area contributed by atoms with Crippen LogP contribution in [0, 0.1) is 29.1 Å². The molecule has 4 rings (SSSR count). The molecule has 0 aromatic carbocycles. The summed E-state index contributed by atoms with van der Waals surface area (Å²) in [6, 6.07) is 3.64. The predicted octanol–water partition coefficient (Wildman–Crippen LogP) is 6.90. The number of thiophene rings is 1. The molecule has 2 heterocycles. The number of carbonyl (C=O) groups is 2. The van der Waals surface area contributed by atoms with Crippen LogP contribution in [-0.2, 0) is 4.79 Å². The molecule has 1 N–H and O–H groups in total. The van der Waals surface area contributed by atoms with Crippen LogP contribution in [-0.4, -0.2) is 38.2 Å². The molecule has 2 fully saturated rings. The SMILES string of the molecule is CC(C)(C)C#Cc1cc(N(C(=O)[C@H]2CC[C@H](C)CC2)C2CCC(Sc3ncccn3)CC2)c(C(=O)O)s1. The zero-order chi connectivity index (χ0) is 26.6. The smallest absolute Gasteiger partial charge is 0.348 e. The van der Waals surface area contributed by atoms with Gasteiger partial charge in [0.1, 0.15) is 4.88 Å². The standard InChI is InChI=1S/C29H37N3O3S2/c1-19-6-8-20(9-7-19)26(33)32(21-10-12-22(13-11-21)37-28-30-16-5-17-31-28)24-18-23(14-15-29(2,3)4)36-25(24)27(34)35/h5,16-22H,6-13H2,1-4H3,(H,34,35)/t19-,20-,21?,22?. The maximum absolute atomic E-state index is 14.1. The lowest BCUT2D eigenvalue weighted by Gasteiger charge is -2.39. The summed E-state index contributed by atoms with van der Waals surface area (Å²) in [6.45, 7) is 8.34. The molecule has 2 aromatic heterocycles. The van der Waals surface area contributed by atoms with Gasteiger partial charge in [0.15, 0.2) is 5.16 Å². The van der Waals surface area contributed by atoms with Crippen molar-refractivity contribution in [3.8, 4) is 11.8 Å². The van der Waals surface area contributed by atoms with E-state index in [4.69, 9.17) is 0 Å². The number of anilines is 1. The first kappa shape index (κ1) is 27.7. The average molecular weight is 540 g/mol. The zero-order valence-electron chi connectivity index (χ0n) is 22.2. The van der Waals surface area contributed by atoms with Crippen molar-refractivity contribution in [3.05, 3.63) is 34.3 Å². The Hall–Kier alpha value is -2.37. The molecular formula is C29H37N3O3S2. The number of amides is 1. The van der Waals surface area contributed by atoms with Crippen LogP contribution >= 0.6 is 23.1 Å². The number of thioether (sulfide) groups is 1. The van der Waals surface area contributed by atoms with Gasteiger partial charge in [0.25, 0.3) is 0 Å². The summed E-state index contributed by atoms with van der Waals surface area (Å²) in [5, 5.41) is 11.3. The Morgan fingerprint density at radius 1 is 1.05 bits per heavy atom. The van der Waals surface area contributed by atoms with E-state index < -0.39 is 5.97 Å². The fourth-order valence-corrected chi connectivity index (χ4v) is 7.03. The average Bonchev–Trinajstić information content (AvgIpc) is 3.29. The van der Waals surface area contributed by atoms with E-state index in [9.17, 15) is 14.7 Å². The van der Waals surface area contributed by atoms with Crippen LogP contribution in [0.3, 0.4) is 0 Å². The molecule has 37 heavy (non-hydrogen) atoms. The second-order valence-corrected chi connectivity index (χ2v) is 13.7. The highest BCUT2D eigenvalue weighted by molar-refractivity contribution is 7.99. The van der Waals surface area contributed by atoms with Gasteiger partial charge in [-0.15, -0.1) is 11.3 Å². The molecule has 0 aliphatic heterocycles.